The van der Waals surface area contributed by atoms with E-state index in [2.05, 4.69) is 19.2 Å². The molecular weight excluding hydrogens is 333 g/mol. The normalized spacial score (nSPS) is 17.8. The van der Waals surface area contributed by atoms with Crippen molar-refractivity contribution in [2.75, 3.05) is 7.11 Å². The van der Waals surface area contributed by atoms with Crippen molar-refractivity contribution in [2.45, 2.75) is 44.8 Å². The number of fused-ring (bicyclic) bond motifs is 1. The molecule has 2 aromatic carbocycles. The van der Waals surface area contributed by atoms with Gasteiger partial charge in [0.2, 0.25) is 0 Å². The van der Waals surface area contributed by atoms with E-state index in [4.69, 9.17) is 9.47 Å². The van der Waals surface area contributed by atoms with Gasteiger partial charge in [-0.3, -0.25) is 4.79 Å². The van der Waals surface area contributed by atoms with Gasteiger partial charge in [0.1, 0.15) is 11.4 Å². The maximum Gasteiger partial charge on any atom is 0.251 e. The summed E-state index contributed by atoms with van der Waals surface area (Å²) in [5.41, 5.74) is 0.913. The Morgan fingerprint density at radius 2 is 2.00 bits per heavy atom. The fraction of sp³-hybridized carbons (Fsp3) is 0.381. The molecule has 0 saturated heterocycles. The number of hydrogen-bond donors (Lipinski definition) is 1. The van der Waals surface area contributed by atoms with Crippen LogP contribution in [0, 0.1) is 5.82 Å². The summed E-state index contributed by atoms with van der Waals surface area (Å²) in [6.07, 6.45) is 2.38. The monoisotopic (exact) mass is 357 g/mol. The quantitative estimate of drug-likeness (QED) is 0.847. The van der Waals surface area contributed by atoms with Crippen molar-refractivity contribution in [2.24, 2.45) is 0 Å². The third-order valence-electron chi connectivity index (χ3n) is 5.21. The number of carbonyl (C=O) groups is 1. The molecule has 1 aliphatic heterocycles. The van der Waals surface area contributed by atoms with Crippen molar-refractivity contribution in [3.63, 3.8) is 0 Å². The molecule has 1 atom stereocenters. The summed E-state index contributed by atoms with van der Waals surface area (Å²) in [7, 11) is 1.40. The van der Waals surface area contributed by atoms with Gasteiger partial charge in [-0.15, -0.1) is 0 Å². The summed E-state index contributed by atoms with van der Waals surface area (Å²) in [6, 6.07) is 11.8. The highest BCUT2D eigenvalue weighted by Crippen LogP contribution is 2.42. The van der Waals surface area contributed by atoms with Crippen LogP contribution in [0.25, 0.3) is 0 Å². The van der Waals surface area contributed by atoms with E-state index >= 15 is 0 Å². The molecule has 0 unspecified atom stereocenters. The number of methoxy groups -OCH3 is 1. The number of carbonyl (C=O) groups excluding carboxylic acids is 1. The lowest BCUT2D eigenvalue weighted by Crippen LogP contribution is -2.44. The molecule has 0 aliphatic carbocycles. The molecule has 0 radical (unpaired) electrons. The van der Waals surface area contributed by atoms with Crippen LogP contribution in [-0.2, 0) is 0 Å². The lowest BCUT2D eigenvalue weighted by atomic mass is 9.83. The van der Waals surface area contributed by atoms with Gasteiger partial charge in [-0.2, -0.15) is 0 Å². The van der Waals surface area contributed by atoms with Crippen molar-refractivity contribution in [1.29, 1.82) is 0 Å². The predicted octanol–water partition coefficient (Wildman–Crippen LogP) is 4.65. The molecule has 4 nitrogen and oxygen atoms in total. The lowest BCUT2D eigenvalue weighted by molar-refractivity contribution is 0.0227. The average Bonchev–Trinajstić information content (AvgIpc) is 2.67. The number of benzene rings is 2. The van der Waals surface area contributed by atoms with E-state index in [0.29, 0.717) is 6.42 Å². The third kappa shape index (κ3) is 3.39. The molecule has 0 bridgehead atoms. The van der Waals surface area contributed by atoms with Crippen molar-refractivity contribution in [3.8, 4) is 11.5 Å². The van der Waals surface area contributed by atoms with Gasteiger partial charge in [0.05, 0.1) is 13.2 Å². The maximum atomic E-state index is 13.9. The fourth-order valence-corrected chi connectivity index (χ4v) is 3.48. The highest BCUT2D eigenvalue weighted by Gasteiger charge is 2.39. The maximum absolute atomic E-state index is 13.9. The van der Waals surface area contributed by atoms with Crippen LogP contribution in [0.1, 0.15) is 55.1 Å². The van der Waals surface area contributed by atoms with Crippen molar-refractivity contribution in [3.05, 3.63) is 59.4 Å². The van der Waals surface area contributed by atoms with Gasteiger partial charge in [-0.05, 0) is 37.1 Å². The minimum Gasteiger partial charge on any atom is -0.494 e. The van der Waals surface area contributed by atoms with E-state index in [0.717, 1.165) is 24.2 Å². The zero-order chi connectivity index (χ0) is 18.7. The van der Waals surface area contributed by atoms with E-state index in [-0.39, 0.29) is 28.9 Å². The van der Waals surface area contributed by atoms with Crippen LogP contribution in [-0.4, -0.2) is 18.6 Å². The zero-order valence-corrected chi connectivity index (χ0v) is 15.3. The first-order valence-electron chi connectivity index (χ1n) is 8.94. The molecule has 5 heteroatoms. The molecule has 0 aromatic heterocycles. The second-order valence-electron chi connectivity index (χ2n) is 6.61. The SMILES string of the molecule is CCC1(CC)C[C@@H](NC(=O)c2ccc(OC)c(F)c2)c2ccccc2O1. The third-order valence-corrected chi connectivity index (χ3v) is 5.21. The second kappa shape index (κ2) is 7.36. The number of ether oxygens (including phenoxy) is 2. The highest BCUT2D eigenvalue weighted by atomic mass is 19.1. The minimum atomic E-state index is -0.552. The molecule has 0 fully saturated rings. The highest BCUT2D eigenvalue weighted by molar-refractivity contribution is 5.94. The molecule has 0 saturated carbocycles. The average molecular weight is 357 g/mol. The summed E-state index contributed by atoms with van der Waals surface area (Å²) in [5, 5.41) is 3.05. The van der Waals surface area contributed by atoms with Crippen molar-refractivity contribution < 1.29 is 18.7 Å². The van der Waals surface area contributed by atoms with E-state index in [1.807, 2.05) is 24.3 Å². The first-order chi connectivity index (χ1) is 12.5. The standard InChI is InChI=1S/C21H24FNO3/c1-4-21(5-2)13-17(15-8-6-7-9-18(15)26-21)23-20(24)14-10-11-19(25-3)16(22)12-14/h6-12,17H,4-5,13H2,1-3H3,(H,23,24)/t17-/m1/s1. The molecule has 0 spiro atoms. The molecule has 3 rings (SSSR count). The summed E-state index contributed by atoms with van der Waals surface area (Å²) in [6.45, 7) is 4.18. The Bertz CT molecular complexity index is 802. The first kappa shape index (κ1) is 18.2. The van der Waals surface area contributed by atoms with E-state index in [9.17, 15) is 9.18 Å². The van der Waals surface area contributed by atoms with Crippen LogP contribution in [0.5, 0.6) is 11.5 Å². The second-order valence-corrected chi connectivity index (χ2v) is 6.61. The van der Waals surface area contributed by atoms with Gasteiger partial charge in [0.25, 0.3) is 5.91 Å². The Labute approximate surface area is 153 Å². The molecule has 1 heterocycles. The zero-order valence-electron chi connectivity index (χ0n) is 15.3. The van der Waals surface area contributed by atoms with Crippen LogP contribution < -0.4 is 14.8 Å². The fourth-order valence-electron chi connectivity index (χ4n) is 3.48. The van der Waals surface area contributed by atoms with Crippen molar-refractivity contribution >= 4 is 5.91 Å². The molecular formula is C21H24FNO3. The molecule has 1 aliphatic rings. The summed E-state index contributed by atoms with van der Waals surface area (Å²) in [5.74, 6) is 0.0564. The summed E-state index contributed by atoms with van der Waals surface area (Å²) < 4.78 is 25.1. The van der Waals surface area contributed by atoms with Gasteiger partial charge in [0.15, 0.2) is 11.6 Å². The van der Waals surface area contributed by atoms with Gasteiger partial charge in [0, 0.05) is 17.5 Å². The predicted molar refractivity (Wildman–Crippen MR) is 98.2 cm³/mol. The summed E-state index contributed by atoms with van der Waals surface area (Å²) in [4.78, 5) is 12.7. The van der Waals surface area contributed by atoms with Crippen LogP contribution in [0.2, 0.25) is 0 Å². The lowest BCUT2D eigenvalue weighted by Gasteiger charge is -2.41. The smallest absolute Gasteiger partial charge is 0.251 e. The Kier molecular flexibility index (Phi) is 5.16. The molecule has 1 N–H and O–H groups in total. The number of nitrogens with one attached hydrogen (secondary N) is 1. The number of hydrogen-bond acceptors (Lipinski definition) is 3. The first-order valence-corrected chi connectivity index (χ1v) is 8.94. The molecule has 1 amide bonds. The van der Waals surface area contributed by atoms with Gasteiger partial charge in [-0.25, -0.2) is 4.39 Å². The molecule has 2 aromatic rings. The Balaban J connectivity index is 1.88. The molecule has 138 valence electrons. The number of para-hydroxylation sites is 1. The van der Waals surface area contributed by atoms with Crippen LogP contribution >= 0.6 is 0 Å². The largest absolute Gasteiger partial charge is 0.494 e. The van der Waals surface area contributed by atoms with Gasteiger partial charge in [-0.1, -0.05) is 32.0 Å². The Hall–Kier alpha value is -2.56. The Morgan fingerprint density at radius 3 is 2.65 bits per heavy atom. The van der Waals surface area contributed by atoms with E-state index in [1.165, 1.54) is 19.2 Å². The molecule has 26 heavy (non-hydrogen) atoms. The van der Waals surface area contributed by atoms with Crippen LogP contribution in [0.15, 0.2) is 42.5 Å². The number of halogens is 1. The van der Waals surface area contributed by atoms with Crippen LogP contribution in [0.3, 0.4) is 0 Å². The van der Waals surface area contributed by atoms with Gasteiger partial charge < -0.3 is 14.8 Å². The topological polar surface area (TPSA) is 47.6 Å². The summed E-state index contributed by atoms with van der Waals surface area (Å²) >= 11 is 0. The Morgan fingerprint density at radius 1 is 1.27 bits per heavy atom. The van der Waals surface area contributed by atoms with Crippen LogP contribution in [0.4, 0.5) is 4.39 Å². The number of rotatable bonds is 5. The van der Waals surface area contributed by atoms with Crippen molar-refractivity contribution in [1.82, 2.24) is 5.32 Å². The minimum absolute atomic E-state index is 0.119. The van der Waals surface area contributed by atoms with Gasteiger partial charge >= 0.3 is 0 Å². The number of amides is 1. The van der Waals surface area contributed by atoms with E-state index in [1.54, 1.807) is 6.07 Å². The van der Waals surface area contributed by atoms with E-state index < -0.39 is 5.82 Å².